The molecule has 2 aliphatic rings. The van der Waals surface area contributed by atoms with Crippen molar-refractivity contribution in [1.29, 1.82) is 0 Å². The lowest BCUT2D eigenvalue weighted by atomic mass is 10.0. The Morgan fingerprint density at radius 2 is 1.25 bits per heavy atom. The summed E-state index contributed by atoms with van der Waals surface area (Å²) in [6.07, 6.45) is 0. The standard InChI is InChI=1S/C8H6/c1-5-6(2)8-4-3-7(5)8/h3-4H,1-2H2. The topological polar surface area (TPSA) is 0 Å². The van der Waals surface area contributed by atoms with Gasteiger partial charge in [-0.1, -0.05) is 25.3 Å². The third-order valence-corrected chi connectivity index (χ3v) is 1.72. The van der Waals surface area contributed by atoms with Crippen molar-refractivity contribution >= 4 is 13.2 Å². The number of hydrogen-bond donors (Lipinski definition) is 0. The van der Waals surface area contributed by atoms with Crippen molar-refractivity contribution in [1.82, 2.24) is 0 Å². The summed E-state index contributed by atoms with van der Waals surface area (Å²) in [5, 5.41) is 4.88. The van der Waals surface area contributed by atoms with Crippen LogP contribution in [0.1, 0.15) is 0 Å². The zero-order valence-corrected chi connectivity index (χ0v) is 4.57. The maximum atomic E-state index is 3.82. The molecule has 0 bridgehead atoms. The van der Waals surface area contributed by atoms with Gasteiger partial charge in [0, 0.05) is 0 Å². The minimum Gasteiger partial charge on any atom is -0.0905 e. The lowest BCUT2D eigenvalue weighted by Gasteiger charge is -2.02. The summed E-state index contributed by atoms with van der Waals surface area (Å²) in [7, 11) is 0. The third kappa shape index (κ3) is 0.195. The molecule has 8 heavy (non-hydrogen) atoms. The van der Waals surface area contributed by atoms with Gasteiger partial charge in [-0.15, -0.1) is 0 Å². The van der Waals surface area contributed by atoms with Gasteiger partial charge in [0.15, 0.2) is 0 Å². The highest BCUT2D eigenvalue weighted by Crippen LogP contribution is 1.92. The van der Waals surface area contributed by atoms with Gasteiger partial charge in [0.2, 0.25) is 0 Å². The molecule has 0 fully saturated rings. The Labute approximate surface area is 47.1 Å². The lowest BCUT2D eigenvalue weighted by molar-refractivity contribution is 1.26. The molecule has 0 spiro atoms. The van der Waals surface area contributed by atoms with Crippen molar-refractivity contribution in [2.24, 2.45) is 0 Å². The summed E-state index contributed by atoms with van der Waals surface area (Å²) >= 11 is 0. The van der Waals surface area contributed by atoms with E-state index in [2.05, 4.69) is 25.3 Å². The van der Waals surface area contributed by atoms with E-state index in [4.69, 9.17) is 0 Å². The fraction of sp³-hybridized carbons (Fsp3) is 0. The molecule has 0 saturated heterocycles. The van der Waals surface area contributed by atoms with Crippen LogP contribution in [0.5, 0.6) is 0 Å². The van der Waals surface area contributed by atoms with Crippen LogP contribution in [-0.2, 0) is 0 Å². The van der Waals surface area contributed by atoms with Crippen LogP contribution >= 0.6 is 0 Å². The van der Waals surface area contributed by atoms with Gasteiger partial charge in [-0.25, -0.2) is 0 Å². The van der Waals surface area contributed by atoms with Gasteiger partial charge in [-0.3, -0.25) is 0 Å². The van der Waals surface area contributed by atoms with Crippen LogP contribution in [0.2, 0.25) is 0 Å². The van der Waals surface area contributed by atoms with Crippen molar-refractivity contribution in [3.05, 3.63) is 33.0 Å². The highest BCUT2D eigenvalue weighted by atomic mass is 14.0. The van der Waals surface area contributed by atoms with Crippen LogP contribution in [0.4, 0.5) is 0 Å². The lowest BCUT2D eigenvalue weighted by Crippen LogP contribution is -2.33. The summed E-state index contributed by atoms with van der Waals surface area (Å²) in [4.78, 5) is 0. The van der Waals surface area contributed by atoms with Gasteiger partial charge < -0.3 is 0 Å². The molecular weight excluding hydrogens is 96.1 g/mol. The highest BCUT2D eigenvalue weighted by Gasteiger charge is 1.97. The second kappa shape index (κ2) is 0.873. The monoisotopic (exact) mass is 102 g/mol. The molecule has 0 heterocycles. The number of rotatable bonds is 0. The van der Waals surface area contributed by atoms with Gasteiger partial charge in [0.25, 0.3) is 0 Å². The normalized spacial score (nSPS) is 11.5. The van der Waals surface area contributed by atoms with Crippen LogP contribution in [0.25, 0.3) is 13.2 Å². The first kappa shape index (κ1) is 3.90. The maximum absolute atomic E-state index is 3.82. The van der Waals surface area contributed by atoms with E-state index >= 15 is 0 Å². The van der Waals surface area contributed by atoms with Gasteiger partial charge in [-0.05, 0) is 20.9 Å². The van der Waals surface area contributed by atoms with E-state index in [0.29, 0.717) is 0 Å². The van der Waals surface area contributed by atoms with E-state index in [1.807, 2.05) is 0 Å². The van der Waals surface area contributed by atoms with E-state index < -0.39 is 0 Å². The van der Waals surface area contributed by atoms with Crippen LogP contribution in [-0.4, -0.2) is 0 Å². The quantitative estimate of drug-likeness (QED) is 0.443. The SMILES string of the molecule is C=c1c2ccc=2c1=C. The van der Waals surface area contributed by atoms with E-state index in [1.54, 1.807) is 0 Å². The number of benzene rings is 1. The van der Waals surface area contributed by atoms with Crippen molar-refractivity contribution < 1.29 is 0 Å². The van der Waals surface area contributed by atoms with Crippen LogP contribution in [0.15, 0.2) is 12.1 Å². The van der Waals surface area contributed by atoms with Crippen molar-refractivity contribution in [2.45, 2.75) is 0 Å². The molecule has 0 heteroatoms. The molecule has 38 valence electrons. The molecule has 0 aromatic carbocycles. The average molecular weight is 102 g/mol. The number of hydrogen-bond acceptors (Lipinski definition) is 0. The predicted molar refractivity (Wildman–Crippen MR) is 34.4 cm³/mol. The van der Waals surface area contributed by atoms with E-state index in [0.717, 1.165) is 10.4 Å². The average Bonchev–Trinajstić information content (AvgIpc) is 1.64. The first-order valence-electron chi connectivity index (χ1n) is 2.62. The molecule has 0 N–H and O–H groups in total. The molecule has 0 aromatic rings. The second-order valence-corrected chi connectivity index (χ2v) is 2.12. The Bertz CT molecular complexity index is 372. The summed E-state index contributed by atoms with van der Waals surface area (Å²) < 4.78 is 0. The highest BCUT2D eigenvalue weighted by molar-refractivity contribution is 5.31. The molecule has 0 saturated carbocycles. The molecule has 0 amide bonds. The second-order valence-electron chi connectivity index (χ2n) is 2.12. The third-order valence-electron chi connectivity index (χ3n) is 1.72. The zero-order valence-electron chi connectivity index (χ0n) is 4.57. The van der Waals surface area contributed by atoms with E-state index in [9.17, 15) is 0 Å². The molecule has 0 unspecified atom stereocenters. The van der Waals surface area contributed by atoms with Crippen molar-refractivity contribution in [3.63, 3.8) is 0 Å². The summed E-state index contributed by atoms with van der Waals surface area (Å²) in [5.41, 5.74) is 0. The predicted octanol–water partition coefficient (Wildman–Crippen LogP) is 0.108. The molecule has 2 aliphatic carbocycles. The molecule has 0 aromatic heterocycles. The van der Waals surface area contributed by atoms with Crippen LogP contribution in [0, 0.1) is 10.4 Å². The van der Waals surface area contributed by atoms with Gasteiger partial charge in [0.05, 0.1) is 0 Å². The van der Waals surface area contributed by atoms with Gasteiger partial charge >= 0.3 is 0 Å². The minimum absolute atomic E-state index is 1.13. The Morgan fingerprint density at radius 1 is 0.875 bits per heavy atom. The van der Waals surface area contributed by atoms with E-state index in [-0.39, 0.29) is 0 Å². The Morgan fingerprint density at radius 3 is 1.38 bits per heavy atom. The summed E-state index contributed by atoms with van der Waals surface area (Å²) in [5.74, 6) is 0. The van der Waals surface area contributed by atoms with Gasteiger partial charge in [0.1, 0.15) is 0 Å². The Balaban J connectivity index is 3.39. The Hall–Kier alpha value is -1.04. The first-order valence-corrected chi connectivity index (χ1v) is 2.62. The van der Waals surface area contributed by atoms with Crippen LogP contribution < -0.4 is 10.4 Å². The Kier molecular flexibility index (Phi) is 0.426. The van der Waals surface area contributed by atoms with Crippen molar-refractivity contribution in [2.75, 3.05) is 0 Å². The molecule has 0 atom stereocenters. The molecule has 0 radical (unpaired) electrons. The molecule has 0 aliphatic heterocycles. The van der Waals surface area contributed by atoms with Crippen molar-refractivity contribution in [3.8, 4) is 0 Å². The fourth-order valence-electron chi connectivity index (χ4n) is 1.04. The first-order chi connectivity index (χ1) is 3.80. The molecule has 2 rings (SSSR count). The summed E-state index contributed by atoms with van der Waals surface area (Å²) in [6, 6.07) is 4.15. The van der Waals surface area contributed by atoms with Crippen LogP contribution in [0.3, 0.4) is 0 Å². The zero-order chi connectivity index (χ0) is 5.72. The molecule has 0 nitrogen and oxygen atoms in total. The maximum Gasteiger partial charge on any atom is -0.0105 e. The summed E-state index contributed by atoms with van der Waals surface area (Å²) in [6.45, 7) is 7.63. The fourth-order valence-corrected chi connectivity index (χ4v) is 1.04. The minimum atomic E-state index is 1.13. The van der Waals surface area contributed by atoms with Gasteiger partial charge in [-0.2, -0.15) is 0 Å². The molecular formula is C8H6. The largest absolute Gasteiger partial charge is 0.0905 e. The smallest absolute Gasteiger partial charge is 0.0105 e. The van der Waals surface area contributed by atoms with E-state index in [1.165, 1.54) is 10.4 Å².